The van der Waals surface area contributed by atoms with Crippen LogP contribution in [0.5, 0.6) is 0 Å². The monoisotopic (exact) mass is 420 g/mol. The van der Waals surface area contributed by atoms with Crippen molar-refractivity contribution in [1.29, 1.82) is 0 Å². The number of nitrogens with zero attached hydrogens (tertiary/aromatic N) is 2. The molecular weight excluding hydrogens is 388 g/mol. The van der Waals surface area contributed by atoms with Crippen molar-refractivity contribution in [2.45, 2.75) is 62.3 Å². The Kier molecular flexibility index (Phi) is 6.56. The zero-order valence-corrected chi connectivity index (χ0v) is 17.9. The molecule has 6 nitrogen and oxygen atoms in total. The normalized spacial score (nSPS) is 26.1. The van der Waals surface area contributed by atoms with E-state index in [0.29, 0.717) is 56.0 Å². The second kappa shape index (κ2) is 9.14. The summed E-state index contributed by atoms with van der Waals surface area (Å²) in [6.45, 7) is 2.58. The summed E-state index contributed by atoms with van der Waals surface area (Å²) >= 11 is 0. The number of amides is 1. The Morgan fingerprint density at radius 3 is 2.41 bits per heavy atom. The highest BCUT2D eigenvalue weighted by Crippen LogP contribution is 2.35. The largest absolute Gasteiger partial charge is 0.379 e. The molecule has 0 radical (unpaired) electrons. The number of morpholine rings is 1. The Morgan fingerprint density at radius 2 is 1.66 bits per heavy atom. The molecule has 2 saturated heterocycles. The van der Waals surface area contributed by atoms with E-state index in [9.17, 15) is 13.2 Å². The number of carbonyl (C=O) groups is 1. The molecule has 3 aliphatic rings. The number of aryl methyl sites for hydroxylation is 1. The fourth-order valence-corrected chi connectivity index (χ4v) is 6.50. The van der Waals surface area contributed by atoms with E-state index >= 15 is 0 Å². The number of hydrogen-bond donors (Lipinski definition) is 0. The van der Waals surface area contributed by atoms with Crippen molar-refractivity contribution in [3.63, 3.8) is 0 Å². The van der Waals surface area contributed by atoms with Crippen LogP contribution in [-0.4, -0.2) is 62.4 Å². The molecule has 3 fully saturated rings. The zero-order valence-electron chi connectivity index (χ0n) is 17.1. The molecule has 0 spiro atoms. The molecule has 0 aromatic heterocycles. The number of carbonyl (C=O) groups excluding carboxylic acids is 1. The van der Waals surface area contributed by atoms with Gasteiger partial charge in [0, 0.05) is 32.1 Å². The minimum Gasteiger partial charge on any atom is -0.379 e. The number of rotatable bonds is 5. The molecule has 7 heteroatoms. The predicted molar refractivity (Wildman–Crippen MR) is 111 cm³/mol. The minimum absolute atomic E-state index is 0.256. The van der Waals surface area contributed by atoms with Crippen LogP contribution in [0.3, 0.4) is 0 Å². The van der Waals surface area contributed by atoms with Crippen LogP contribution in [0.15, 0.2) is 29.2 Å². The number of fused-ring (bicyclic) bond motifs is 1. The lowest BCUT2D eigenvalue weighted by atomic mass is 9.78. The molecular formula is C22H32N2O4S. The number of benzene rings is 1. The maximum absolute atomic E-state index is 12.9. The second-order valence-electron chi connectivity index (χ2n) is 8.50. The smallest absolute Gasteiger partial charge is 0.243 e. The number of sulfonamides is 1. The molecule has 2 atom stereocenters. The van der Waals surface area contributed by atoms with Crippen LogP contribution in [0.2, 0.25) is 0 Å². The van der Waals surface area contributed by atoms with Gasteiger partial charge < -0.3 is 9.64 Å². The Morgan fingerprint density at radius 1 is 0.966 bits per heavy atom. The first-order valence-electron chi connectivity index (χ1n) is 11.0. The molecule has 2 aliphatic heterocycles. The Balaban J connectivity index is 1.34. The quantitative estimate of drug-likeness (QED) is 0.735. The maximum atomic E-state index is 12.9. The number of piperidine rings is 1. The number of hydrogen-bond acceptors (Lipinski definition) is 4. The van der Waals surface area contributed by atoms with Gasteiger partial charge in [-0.25, -0.2) is 8.42 Å². The van der Waals surface area contributed by atoms with E-state index in [0.717, 1.165) is 24.9 Å². The van der Waals surface area contributed by atoms with Gasteiger partial charge in [-0.1, -0.05) is 25.0 Å². The SMILES string of the molecule is O=C(CCc1ccc(S(=O)(=O)N2CCOCC2)cc1)N1CCC[C@@H]2CCCC[C@H]21. The highest BCUT2D eigenvalue weighted by atomic mass is 32.2. The fourth-order valence-electron chi connectivity index (χ4n) is 5.09. The molecule has 1 aromatic carbocycles. The van der Waals surface area contributed by atoms with Gasteiger partial charge in [0.1, 0.15) is 0 Å². The van der Waals surface area contributed by atoms with Gasteiger partial charge in [-0.2, -0.15) is 4.31 Å². The van der Waals surface area contributed by atoms with Crippen molar-refractivity contribution >= 4 is 15.9 Å². The van der Waals surface area contributed by atoms with E-state index in [1.165, 1.54) is 30.0 Å². The highest BCUT2D eigenvalue weighted by molar-refractivity contribution is 7.89. The molecule has 0 N–H and O–H groups in total. The molecule has 29 heavy (non-hydrogen) atoms. The Hall–Kier alpha value is -1.44. The van der Waals surface area contributed by atoms with Crippen molar-refractivity contribution in [3.05, 3.63) is 29.8 Å². The summed E-state index contributed by atoms with van der Waals surface area (Å²) < 4.78 is 32.2. The molecule has 1 amide bonds. The zero-order chi connectivity index (χ0) is 20.3. The van der Waals surface area contributed by atoms with Gasteiger partial charge in [-0.3, -0.25) is 4.79 Å². The lowest BCUT2D eigenvalue weighted by Crippen LogP contribution is -2.49. The first-order chi connectivity index (χ1) is 14.1. The summed E-state index contributed by atoms with van der Waals surface area (Å²) in [5.41, 5.74) is 1.01. The lowest BCUT2D eigenvalue weighted by molar-refractivity contribution is -0.137. The first-order valence-corrected chi connectivity index (χ1v) is 12.5. The van der Waals surface area contributed by atoms with E-state index in [2.05, 4.69) is 4.90 Å². The number of likely N-dealkylation sites (tertiary alicyclic amines) is 1. The second-order valence-corrected chi connectivity index (χ2v) is 10.4. The molecule has 1 saturated carbocycles. The molecule has 4 rings (SSSR count). The van der Waals surface area contributed by atoms with Crippen LogP contribution in [0.25, 0.3) is 0 Å². The van der Waals surface area contributed by atoms with Crippen molar-refractivity contribution in [3.8, 4) is 0 Å². The van der Waals surface area contributed by atoms with Crippen LogP contribution >= 0.6 is 0 Å². The van der Waals surface area contributed by atoms with Crippen molar-refractivity contribution in [1.82, 2.24) is 9.21 Å². The van der Waals surface area contributed by atoms with E-state index in [1.54, 1.807) is 12.1 Å². The summed E-state index contributed by atoms with van der Waals surface area (Å²) in [7, 11) is -3.46. The van der Waals surface area contributed by atoms with E-state index in [1.807, 2.05) is 12.1 Å². The summed E-state index contributed by atoms with van der Waals surface area (Å²) in [6, 6.07) is 7.48. The van der Waals surface area contributed by atoms with Gasteiger partial charge in [-0.05, 0) is 55.7 Å². The Labute approximate surface area is 174 Å². The van der Waals surface area contributed by atoms with Crippen molar-refractivity contribution in [2.75, 3.05) is 32.8 Å². The molecule has 2 heterocycles. The third-order valence-corrected chi connectivity index (χ3v) is 8.64. The van der Waals surface area contributed by atoms with Crippen LogP contribution < -0.4 is 0 Å². The molecule has 1 aliphatic carbocycles. The van der Waals surface area contributed by atoms with Crippen molar-refractivity contribution in [2.24, 2.45) is 5.92 Å². The minimum atomic E-state index is -3.46. The van der Waals surface area contributed by atoms with Gasteiger partial charge in [0.2, 0.25) is 15.9 Å². The average molecular weight is 421 g/mol. The third-order valence-electron chi connectivity index (χ3n) is 6.72. The average Bonchev–Trinajstić information content (AvgIpc) is 2.78. The molecule has 0 bridgehead atoms. The Bertz CT molecular complexity index is 801. The topological polar surface area (TPSA) is 66.9 Å². The van der Waals surface area contributed by atoms with Gasteiger partial charge in [0.25, 0.3) is 0 Å². The fraction of sp³-hybridized carbons (Fsp3) is 0.682. The molecule has 160 valence electrons. The summed E-state index contributed by atoms with van der Waals surface area (Å²) in [5, 5.41) is 0. The number of ether oxygens (including phenoxy) is 1. The van der Waals surface area contributed by atoms with Gasteiger partial charge >= 0.3 is 0 Å². The van der Waals surface area contributed by atoms with E-state index in [-0.39, 0.29) is 5.91 Å². The van der Waals surface area contributed by atoms with Crippen molar-refractivity contribution < 1.29 is 17.9 Å². The van der Waals surface area contributed by atoms with Crippen LogP contribution in [0, 0.1) is 5.92 Å². The summed E-state index contributed by atoms with van der Waals surface area (Å²) in [5.74, 6) is 0.956. The van der Waals surface area contributed by atoms with Crippen LogP contribution in [0.1, 0.15) is 50.5 Å². The lowest BCUT2D eigenvalue weighted by Gasteiger charge is -2.44. The van der Waals surface area contributed by atoms with Crippen LogP contribution in [-0.2, 0) is 26.0 Å². The standard InChI is InChI=1S/C22H32N2O4S/c25-22(24-13-3-5-19-4-1-2-6-21(19)24)12-9-18-7-10-20(11-8-18)29(26,27)23-14-16-28-17-15-23/h7-8,10-11,19,21H,1-6,9,12-17H2/t19-,21+/m0/s1. The predicted octanol–water partition coefficient (Wildman–Crippen LogP) is 2.82. The van der Waals surface area contributed by atoms with Gasteiger partial charge in [0.05, 0.1) is 18.1 Å². The van der Waals surface area contributed by atoms with E-state index < -0.39 is 10.0 Å². The summed E-state index contributed by atoms with van der Waals surface area (Å²) in [6.07, 6.45) is 8.53. The first kappa shape index (κ1) is 20.8. The highest BCUT2D eigenvalue weighted by Gasteiger charge is 2.35. The summed E-state index contributed by atoms with van der Waals surface area (Å²) in [4.78, 5) is 15.3. The third kappa shape index (κ3) is 4.67. The van der Waals surface area contributed by atoms with Gasteiger partial charge in [-0.15, -0.1) is 0 Å². The molecule has 1 aromatic rings. The van der Waals surface area contributed by atoms with E-state index in [4.69, 9.17) is 4.74 Å². The van der Waals surface area contributed by atoms with Crippen LogP contribution in [0.4, 0.5) is 0 Å². The molecule has 0 unspecified atom stereocenters. The van der Waals surface area contributed by atoms with Gasteiger partial charge in [0.15, 0.2) is 0 Å². The maximum Gasteiger partial charge on any atom is 0.243 e.